The first-order chi connectivity index (χ1) is 12.1. The van der Waals surface area contributed by atoms with Crippen LogP contribution < -0.4 is 0 Å². The molecule has 146 valence electrons. The molecule has 26 heavy (non-hydrogen) atoms. The molecule has 0 aromatic carbocycles. The summed E-state index contributed by atoms with van der Waals surface area (Å²) in [4.78, 5) is 33.7. The van der Waals surface area contributed by atoms with Crippen molar-refractivity contribution in [2.45, 2.75) is 57.1 Å². The van der Waals surface area contributed by atoms with Crippen molar-refractivity contribution in [2.24, 2.45) is 0 Å². The average molecular weight is 376 g/mol. The first-order valence-corrected chi connectivity index (χ1v) is 7.77. The van der Waals surface area contributed by atoms with E-state index in [2.05, 4.69) is 4.74 Å². The number of carbonyl (C=O) groups excluding carboxylic acids is 2. The summed E-state index contributed by atoms with van der Waals surface area (Å²) >= 11 is 0. The van der Waals surface area contributed by atoms with Crippen LogP contribution in [0.3, 0.4) is 0 Å². The average Bonchev–Trinajstić information content (AvgIpc) is 2.79. The molecule has 0 aromatic rings. The zero-order valence-corrected chi connectivity index (χ0v) is 14.0. The summed E-state index contributed by atoms with van der Waals surface area (Å²) in [6, 6.07) is 0. The number of ketones is 1. The Morgan fingerprint density at radius 2 is 1.81 bits per heavy atom. The van der Waals surface area contributed by atoms with E-state index in [1.54, 1.807) is 0 Å². The van der Waals surface area contributed by atoms with Crippen molar-refractivity contribution in [1.82, 2.24) is 0 Å². The van der Waals surface area contributed by atoms with E-state index in [-0.39, 0.29) is 11.5 Å². The Bertz CT molecular complexity index is 613. The third-order valence-electron chi connectivity index (χ3n) is 3.87. The van der Waals surface area contributed by atoms with Crippen LogP contribution in [0, 0.1) is 0 Å². The minimum atomic E-state index is -1.72. The van der Waals surface area contributed by atoms with Gasteiger partial charge in [0.1, 0.15) is 43.2 Å². The number of rotatable bonds is 6. The van der Waals surface area contributed by atoms with Crippen LogP contribution in [0.2, 0.25) is 0 Å². The minimum absolute atomic E-state index is 0.170. The fraction of sp³-hybridized carbons (Fsp3) is 0.667. The summed E-state index contributed by atoms with van der Waals surface area (Å²) < 4.78 is 20.4. The van der Waals surface area contributed by atoms with Crippen LogP contribution in [0.25, 0.3) is 0 Å². The van der Waals surface area contributed by atoms with Crippen molar-refractivity contribution in [3.8, 4) is 0 Å². The molecule has 2 rings (SSSR count). The van der Waals surface area contributed by atoms with Crippen LogP contribution in [0.1, 0.15) is 20.3 Å². The van der Waals surface area contributed by atoms with E-state index < -0.39 is 67.6 Å². The highest BCUT2D eigenvalue weighted by Crippen LogP contribution is 2.29. The molecule has 11 heteroatoms. The molecule has 0 saturated carbocycles. The maximum Gasteiger partial charge on any atom is 0.317 e. The molecule has 0 bridgehead atoms. The Morgan fingerprint density at radius 1 is 1.15 bits per heavy atom. The molecule has 0 aromatic heterocycles. The number of aliphatic carboxylic acids is 1. The summed E-state index contributed by atoms with van der Waals surface area (Å²) in [6.45, 7) is 2.39. The Kier molecular flexibility index (Phi) is 6.18. The van der Waals surface area contributed by atoms with E-state index >= 15 is 0 Å². The van der Waals surface area contributed by atoms with E-state index in [1.165, 1.54) is 13.8 Å². The third-order valence-corrected chi connectivity index (χ3v) is 3.87. The molecule has 0 spiro atoms. The lowest BCUT2D eigenvalue weighted by molar-refractivity contribution is -0.291. The van der Waals surface area contributed by atoms with Crippen molar-refractivity contribution >= 4 is 17.7 Å². The van der Waals surface area contributed by atoms with Crippen LogP contribution in [-0.2, 0) is 33.3 Å². The molecule has 2 aliphatic rings. The largest absolute Gasteiger partial charge is 0.483 e. The highest BCUT2D eigenvalue weighted by Gasteiger charge is 2.47. The highest BCUT2D eigenvalue weighted by molar-refractivity contribution is 5.99. The number of allylic oxidation sites excluding steroid dienone is 1. The number of carboxylic acid groups (broad SMARTS) is 1. The van der Waals surface area contributed by atoms with Gasteiger partial charge in [-0.3, -0.25) is 14.4 Å². The molecule has 1 saturated heterocycles. The Hall–Kier alpha value is -2.21. The standard InChI is InChI=1S/C15H20O11/c1-5-10(19)14(6(2)24-5)26-15-13(22)12(21)11(20)7(25-15)4-23-9(18)3-8(16)17/h5,7,11-13,15,20-22H,3-4H2,1-2H3,(H,16,17). The molecule has 0 aliphatic carbocycles. The van der Waals surface area contributed by atoms with E-state index in [0.717, 1.165) is 0 Å². The predicted octanol–water partition coefficient (Wildman–Crippen LogP) is -1.95. The number of carboxylic acids is 1. The van der Waals surface area contributed by atoms with Gasteiger partial charge in [-0.05, 0) is 13.8 Å². The Labute approximate surface area is 147 Å². The molecule has 2 aliphatic heterocycles. The maximum atomic E-state index is 12.0. The smallest absolute Gasteiger partial charge is 0.317 e. The molecule has 1 fully saturated rings. The molecular formula is C15H20O11. The molecular weight excluding hydrogens is 356 g/mol. The van der Waals surface area contributed by atoms with Gasteiger partial charge in [-0.2, -0.15) is 0 Å². The quantitative estimate of drug-likeness (QED) is 0.300. The van der Waals surface area contributed by atoms with Gasteiger partial charge >= 0.3 is 11.9 Å². The SMILES string of the molecule is CC1=C(OC2OC(COC(=O)CC(=O)O)C(O)C(O)C2O)C(=O)C(C)O1. The predicted molar refractivity (Wildman–Crippen MR) is 79.2 cm³/mol. The van der Waals surface area contributed by atoms with Gasteiger partial charge in [0.2, 0.25) is 17.8 Å². The topological polar surface area (TPSA) is 169 Å². The summed E-state index contributed by atoms with van der Waals surface area (Å²) in [5.41, 5.74) is 0. The zero-order valence-electron chi connectivity index (χ0n) is 14.0. The number of hydrogen-bond acceptors (Lipinski definition) is 10. The first-order valence-electron chi connectivity index (χ1n) is 7.77. The zero-order chi connectivity index (χ0) is 19.6. The molecule has 4 N–H and O–H groups in total. The van der Waals surface area contributed by atoms with Gasteiger partial charge in [-0.1, -0.05) is 0 Å². The van der Waals surface area contributed by atoms with Gasteiger partial charge < -0.3 is 39.4 Å². The van der Waals surface area contributed by atoms with Gasteiger partial charge in [0, 0.05) is 0 Å². The van der Waals surface area contributed by atoms with Crippen LogP contribution in [0.4, 0.5) is 0 Å². The lowest BCUT2D eigenvalue weighted by Crippen LogP contribution is -2.59. The highest BCUT2D eigenvalue weighted by atomic mass is 16.7. The van der Waals surface area contributed by atoms with Gasteiger partial charge in [-0.25, -0.2) is 0 Å². The van der Waals surface area contributed by atoms with Crippen molar-refractivity contribution in [3.63, 3.8) is 0 Å². The molecule has 6 atom stereocenters. The number of esters is 1. The van der Waals surface area contributed by atoms with E-state index in [9.17, 15) is 29.7 Å². The fourth-order valence-corrected chi connectivity index (χ4v) is 2.49. The fourth-order valence-electron chi connectivity index (χ4n) is 2.49. The summed E-state index contributed by atoms with van der Waals surface area (Å²) in [5.74, 6) is -2.97. The van der Waals surface area contributed by atoms with Crippen LogP contribution in [0.15, 0.2) is 11.5 Å². The van der Waals surface area contributed by atoms with Gasteiger partial charge in [0.05, 0.1) is 0 Å². The molecule has 6 unspecified atom stereocenters. The molecule has 11 nitrogen and oxygen atoms in total. The van der Waals surface area contributed by atoms with E-state index in [0.29, 0.717) is 0 Å². The second kappa shape index (κ2) is 7.99. The van der Waals surface area contributed by atoms with Crippen molar-refractivity contribution in [3.05, 3.63) is 11.5 Å². The lowest BCUT2D eigenvalue weighted by atomic mass is 9.99. The summed E-state index contributed by atoms with van der Waals surface area (Å²) in [5, 5.41) is 38.4. The van der Waals surface area contributed by atoms with Crippen molar-refractivity contribution in [2.75, 3.05) is 6.61 Å². The Balaban J connectivity index is 2.03. The van der Waals surface area contributed by atoms with Crippen molar-refractivity contribution in [1.29, 1.82) is 0 Å². The van der Waals surface area contributed by atoms with Gasteiger partial charge in [-0.15, -0.1) is 0 Å². The number of aliphatic hydroxyl groups excluding tert-OH is 3. The van der Waals surface area contributed by atoms with Crippen LogP contribution in [-0.4, -0.2) is 81.6 Å². The molecule has 2 heterocycles. The van der Waals surface area contributed by atoms with Crippen LogP contribution >= 0.6 is 0 Å². The molecule has 0 radical (unpaired) electrons. The van der Waals surface area contributed by atoms with Gasteiger partial charge in [0.15, 0.2) is 6.10 Å². The number of carbonyl (C=O) groups is 3. The van der Waals surface area contributed by atoms with E-state index in [4.69, 9.17) is 19.3 Å². The summed E-state index contributed by atoms with van der Waals surface area (Å²) in [7, 11) is 0. The Morgan fingerprint density at radius 3 is 2.35 bits per heavy atom. The maximum absolute atomic E-state index is 12.0. The normalized spacial score (nSPS) is 34.4. The third kappa shape index (κ3) is 4.30. The number of hydrogen-bond donors (Lipinski definition) is 4. The first kappa shape index (κ1) is 20.1. The number of aliphatic hydroxyl groups is 3. The van der Waals surface area contributed by atoms with E-state index in [1.807, 2.05) is 0 Å². The van der Waals surface area contributed by atoms with Crippen LogP contribution in [0.5, 0.6) is 0 Å². The summed E-state index contributed by atoms with van der Waals surface area (Å²) in [6.07, 6.45) is -9.55. The van der Waals surface area contributed by atoms with Gasteiger partial charge in [0.25, 0.3) is 0 Å². The van der Waals surface area contributed by atoms with Crippen molar-refractivity contribution < 1.29 is 53.8 Å². The second-order valence-electron chi connectivity index (χ2n) is 5.90. The monoisotopic (exact) mass is 376 g/mol. The minimum Gasteiger partial charge on any atom is -0.483 e. The second-order valence-corrected chi connectivity index (χ2v) is 5.90. The molecule has 0 amide bonds. The number of Topliss-reactive ketones (excluding diaryl/α,β-unsaturated/α-hetero) is 1. The number of ether oxygens (including phenoxy) is 4. The lowest BCUT2D eigenvalue weighted by Gasteiger charge is -2.39.